The SMILES string of the molecule is C=CCNc1nnc(SCC(=O)N2CCN(c3ccccc3)CC2)c2ccccc12. The van der Waals surface area contributed by atoms with Crippen LogP contribution in [0.3, 0.4) is 0 Å². The molecule has 1 amide bonds. The van der Waals surface area contributed by atoms with Gasteiger partial charge >= 0.3 is 0 Å². The highest BCUT2D eigenvalue weighted by atomic mass is 32.2. The molecule has 1 fully saturated rings. The number of anilines is 2. The lowest BCUT2D eigenvalue weighted by Gasteiger charge is -2.36. The first kappa shape index (κ1) is 20.2. The second kappa shape index (κ2) is 9.63. The number of aromatic nitrogens is 2. The van der Waals surface area contributed by atoms with Gasteiger partial charge in [0.2, 0.25) is 5.91 Å². The standard InChI is InChI=1S/C23H25N5OS/c1-2-12-24-22-19-10-6-7-11-20(19)23(26-25-22)30-17-21(29)28-15-13-27(14-16-28)18-8-4-3-5-9-18/h2-11H,1,12-17H2,(H,24,25). The van der Waals surface area contributed by atoms with Gasteiger partial charge in [-0.15, -0.1) is 16.8 Å². The minimum atomic E-state index is 0.146. The summed E-state index contributed by atoms with van der Waals surface area (Å²) in [5.74, 6) is 1.24. The van der Waals surface area contributed by atoms with Gasteiger partial charge in [0.05, 0.1) is 5.75 Å². The third-order valence-electron chi connectivity index (χ3n) is 5.15. The van der Waals surface area contributed by atoms with E-state index >= 15 is 0 Å². The van der Waals surface area contributed by atoms with Gasteiger partial charge in [-0.25, -0.2) is 0 Å². The lowest BCUT2D eigenvalue weighted by Crippen LogP contribution is -2.49. The van der Waals surface area contributed by atoms with Crippen LogP contribution in [0.2, 0.25) is 0 Å². The molecule has 0 saturated carbocycles. The Morgan fingerprint density at radius 1 is 1.00 bits per heavy atom. The van der Waals surface area contributed by atoms with Crippen LogP contribution in [0.4, 0.5) is 11.5 Å². The fourth-order valence-corrected chi connectivity index (χ4v) is 4.43. The fraction of sp³-hybridized carbons (Fsp3) is 0.261. The minimum absolute atomic E-state index is 0.146. The van der Waals surface area contributed by atoms with Gasteiger partial charge in [0.15, 0.2) is 5.82 Å². The molecule has 3 aromatic rings. The zero-order valence-electron chi connectivity index (χ0n) is 16.8. The summed E-state index contributed by atoms with van der Waals surface area (Å²) in [6.45, 7) is 7.54. The van der Waals surface area contributed by atoms with Crippen molar-refractivity contribution in [3.63, 3.8) is 0 Å². The maximum Gasteiger partial charge on any atom is 0.233 e. The van der Waals surface area contributed by atoms with Crippen molar-refractivity contribution in [2.45, 2.75) is 5.03 Å². The summed E-state index contributed by atoms with van der Waals surface area (Å²) < 4.78 is 0. The molecule has 0 bridgehead atoms. The summed E-state index contributed by atoms with van der Waals surface area (Å²) >= 11 is 1.46. The van der Waals surface area contributed by atoms with Crippen molar-refractivity contribution in [2.24, 2.45) is 0 Å². The van der Waals surface area contributed by atoms with Crippen LogP contribution < -0.4 is 10.2 Å². The number of fused-ring (bicyclic) bond motifs is 1. The van der Waals surface area contributed by atoms with E-state index in [9.17, 15) is 4.79 Å². The number of carbonyl (C=O) groups excluding carboxylic acids is 1. The topological polar surface area (TPSA) is 61.4 Å². The van der Waals surface area contributed by atoms with Gasteiger partial charge in [-0.1, -0.05) is 60.3 Å². The Kier molecular flexibility index (Phi) is 6.49. The monoisotopic (exact) mass is 419 g/mol. The highest BCUT2D eigenvalue weighted by Gasteiger charge is 2.22. The molecule has 1 N–H and O–H groups in total. The van der Waals surface area contributed by atoms with Crippen LogP contribution in [0.15, 0.2) is 72.3 Å². The molecule has 6 nitrogen and oxygen atoms in total. The minimum Gasteiger partial charge on any atom is -0.368 e. The molecule has 1 aliphatic heterocycles. The summed E-state index contributed by atoms with van der Waals surface area (Å²) in [4.78, 5) is 17.0. The molecule has 4 rings (SSSR count). The van der Waals surface area contributed by atoms with Crippen LogP contribution in [-0.2, 0) is 4.79 Å². The number of amides is 1. The Hall–Kier alpha value is -3.06. The third-order valence-corrected chi connectivity index (χ3v) is 6.12. The van der Waals surface area contributed by atoms with E-state index in [1.54, 1.807) is 6.08 Å². The highest BCUT2D eigenvalue weighted by Crippen LogP contribution is 2.29. The number of hydrogen-bond acceptors (Lipinski definition) is 6. The number of nitrogens with one attached hydrogen (secondary N) is 1. The van der Waals surface area contributed by atoms with E-state index in [-0.39, 0.29) is 5.91 Å². The van der Waals surface area contributed by atoms with Gasteiger partial charge in [0.1, 0.15) is 5.03 Å². The molecule has 30 heavy (non-hydrogen) atoms. The summed E-state index contributed by atoms with van der Waals surface area (Å²) in [6, 6.07) is 18.4. The number of benzene rings is 2. The largest absolute Gasteiger partial charge is 0.368 e. The molecule has 2 aromatic carbocycles. The Bertz CT molecular complexity index is 1020. The Labute approximate surface area is 181 Å². The quantitative estimate of drug-likeness (QED) is 0.466. The van der Waals surface area contributed by atoms with Crippen molar-refractivity contribution in [3.8, 4) is 0 Å². The van der Waals surface area contributed by atoms with Gasteiger partial charge in [0.25, 0.3) is 0 Å². The molecule has 1 aliphatic rings. The molecule has 0 spiro atoms. The molecule has 0 atom stereocenters. The number of piperazine rings is 1. The van der Waals surface area contributed by atoms with Gasteiger partial charge in [-0.3, -0.25) is 4.79 Å². The van der Waals surface area contributed by atoms with E-state index in [1.807, 2.05) is 47.4 Å². The maximum absolute atomic E-state index is 12.8. The fourth-order valence-electron chi connectivity index (χ4n) is 3.56. The maximum atomic E-state index is 12.8. The van der Waals surface area contributed by atoms with Crippen molar-refractivity contribution < 1.29 is 4.79 Å². The molecule has 2 heterocycles. The highest BCUT2D eigenvalue weighted by molar-refractivity contribution is 8.00. The van der Waals surface area contributed by atoms with Gasteiger partial charge in [-0.2, -0.15) is 0 Å². The summed E-state index contributed by atoms with van der Waals surface area (Å²) in [5, 5.41) is 14.7. The number of para-hydroxylation sites is 1. The Balaban J connectivity index is 1.37. The van der Waals surface area contributed by atoms with Crippen molar-refractivity contribution >= 4 is 39.9 Å². The number of nitrogens with zero attached hydrogens (tertiary/aromatic N) is 4. The summed E-state index contributed by atoms with van der Waals surface area (Å²) in [6.07, 6.45) is 1.79. The first-order chi connectivity index (χ1) is 14.8. The molecule has 154 valence electrons. The van der Waals surface area contributed by atoms with Gasteiger partial charge in [0, 0.05) is 49.2 Å². The molecule has 0 aliphatic carbocycles. The molecular formula is C23H25N5OS. The molecular weight excluding hydrogens is 394 g/mol. The smallest absolute Gasteiger partial charge is 0.233 e. The van der Waals surface area contributed by atoms with E-state index < -0.39 is 0 Å². The molecule has 0 radical (unpaired) electrons. The van der Waals surface area contributed by atoms with Crippen molar-refractivity contribution in [1.29, 1.82) is 0 Å². The van der Waals surface area contributed by atoms with Gasteiger partial charge < -0.3 is 15.1 Å². The zero-order valence-corrected chi connectivity index (χ0v) is 17.6. The van der Waals surface area contributed by atoms with Crippen molar-refractivity contribution in [1.82, 2.24) is 15.1 Å². The second-order valence-electron chi connectivity index (χ2n) is 7.06. The van der Waals surface area contributed by atoms with Crippen LogP contribution in [-0.4, -0.2) is 59.5 Å². The van der Waals surface area contributed by atoms with E-state index in [4.69, 9.17) is 0 Å². The van der Waals surface area contributed by atoms with Crippen molar-refractivity contribution in [2.75, 3.05) is 48.7 Å². The first-order valence-electron chi connectivity index (χ1n) is 10.1. The predicted molar refractivity (Wildman–Crippen MR) is 124 cm³/mol. The molecule has 7 heteroatoms. The lowest BCUT2D eigenvalue weighted by molar-refractivity contribution is -0.128. The Morgan fingerprint density at radius 3 is 2.43 bits per heavy atom. The summed E-state index contributed by atoms with van der Waals surface area (Å²) in [5.41, 5.74) is 1.21. The number of hydrogen-bond donors (Lipinski definition) is 1. The lowest BCUT2D eigenvalue weighted by atomic mass is 10.2. The van der Waals surface area contributed by atoms with E-state index in [2.05, 4.69) is 39.1 Å². The van der Waals surface area contributed by atoms with E-state index in [0.29, 0.717) is 12.3 Å². The van der Waals surface area contributed by atoms with Crippen LogP contribution in [0.25, 0.3) is 10.8 Å². The molecule has 1 saturated heterocycles. The normalized spacial score (nSPS) is 14.0. The van der Waals surface area contributed by atoms with E-state index in [0.717, 1.165) is 47.8 Å². The van der Waals surface area contributed by atoms with Crippen LogP contribution in [0, 0.1) is 0 Å². The van der Waals surface area contributed by atoms with Crippen LogP contribution in [0.5, 0.6) is 0 Å². The van der Waals surface area contributed by atoms with Gasteiger partial charge in [-0.05, 0) is 12.1 Å². The van der Waals surface area contributed by atoms with Crippen LogP contribution >= 0.6 is 11.8 Å². The average molecular weight is 420 g/mol. The number of carbonyl (C=O) groups is 1. The Morgan fingerprint density at radius 2 is 1.70 bits per heavy atom. The van der Waals surface area contributed by atoms with Crippen molar-refractivity contribution in [3.05, 3.63) is 67.3 Å². The molecule has 0 unspecified atom stereocenters. The average Bonchev–Trinajstić information content (AvgIpc) is 2.82. The zero-order chi connectivity index (χ0) is 20.8. The number of rotatable bonds is 7. The molecule has 1 aromatic heterocycles. The third kappa shape index (κ3) is 4.57. The number of thioether (sulfide) groups is 1. The van der Waals surface area contributed by atoms with E-state index in [1.165, 1.54) is 17.4 Å². The second-order valence-corrected chi connectivity index (χ2v) is 8.03. The summed E-state index contributed by atoms with van der Waals surface area (Å²) in [7, 11) is 0. The van der Waals surface area contributed by atoms with Crippen LogP contribution in [0.1, 0.15) is 0 Å². The predicted octanol–water partition coefficient (Wildman–Crippen LogP) is 3.67. The first-order valence-corrected chi connectivity index (χ1v) is 11.1.